The van der Waals surface area contributed by atoms with Gasteiger partial charge in [-0.3, -0.25) is 4.98 Å². The van der Waals surface area contributed by atoms with Crippen LogP contribution in [-0.4, -0.2) is 14.1 Å². The van der Waals surface area contributed by atoms with Crippen molar-refractivity contribution < 1.29 is 0 Å². The molecule has 3 aromatic heterocycles. The quantitative estimate of drug-likeness (QED) is 0.188. The molecule has 0 saturated heterocycles. The molecular formula is C41H26BrN3. The summed E-state index contributed by atoms with van der Waals surface area (Å²) in [4.78, 5) is 4.79. The van der Waals surface area contributed by atoms with E-state index in [0.717, 1.165) is 37.8 Å². The molecule has 3 nitrogen and oxygen atoms in total. The molecule has 45 heavy (non-hydrogen) atoms. The van der Waals surface area contributed by atoms with E-state index in [1.165, 1.54) is 44.1 Å². The molecule has 6 aromatic carbocycles. The highest BCUT2D eigenvalue weighted by molar-refractivity contribution is 9.10. The fraction of sp³-hybridized carbons (Fsp3) is 0. The summed E-state index contributed by atoms with van der Waals surface area (Å²) in [5, 5.41) is 3.64. The molecule has 0 aliphatic rings. The van der Waals surface area contributed by atoms with Crippen LogP contribution in [0.25, 0.3) is 77.4 Å². The lowest BCUT2D eigenvalue weighted by Crippen LogP contribution is -2.01. The van der Waals surface area contributed by atoms with Gasteiger partial charge in [0.1, 0.15) is 0 Å². The largest absolute Gasteiger partial charge is 0.309 e. The van der Waals surface area contributed by atoms with Gasteiger partial charge in [-0.25, -0.2) is 0 Å². The van der Waals surface area contributed by atoms with Crippen LogP contribution >= 0.6 is 15.9 Å². The van der Waals surface area contributed by atoms with Gasteiger partial charge in [0, 0.05) is 38.1 Å². The summed E-state index contributed by atoms with van der Waals surface area (Å²) in [6.45, 7) is 0. The Balaban J connectivity index is 1.36. The van der Waals surface area contributed by atoms with E-state index < -0.39 is 0 Å². The second kappa shape index (κ2) is 10.3. The number of halogens is 1. The number of benzene rings is 6. The van der Waals surface area contributed by atoms with Crippen LogP contribution in [0.15, 0.2) is 162 Å². The first kappa shape index (κ1) is 26.0. The molecule has 0 spiro atoms. The van der Waals surface area contributed by atoms with Crippen LogP contribution in [-0.2, 0) is 0 Å². The fourth-order valence-electron chi connectivity index (χ4n) is 6.84. The van der Waals surface area contributed by atoms with E-state index in [9.17, 15) is 0 Å². The van der Waals surface area contributed by atoms with Crippen molar-refractivity contribution in [1.29, 1.82) is 0 Å². The van der Waals surface area contributed by atoms with Crippen molar-refractivity contribution in [3.63, 3.8) is 0 Å². The lowest BCUT2D eigenvalue weighted by atomic mass is 9.97. The summed E-state index contributed by atoms with van der Waals surface area (Å²) < 4.78 is 5.85. The number of hydrogen-bond donors (Lipinski definition) is 0. The lowest BCUT2D eigenvalue weighted by molar-refractivity contribution is 1.13. The zero-order valence-corrected chi connectivity index (χ0v) is 25.8. The van der Waals surface area contributed by atoms with Crippen LogP contribution in [0.5, 0.6) is 0 Å². The summed E-state index contributed by atoms with van der Waals surface area (Å²) in [6, 6.07) is 54.4. The van der Waals surface area contributed by atoms with Gasteiger partial charge in [0.25, 0.3) is 0 Å². The summed E-state index contributed by atoms with van der Waals surface area (Å²) in [7, 11) is 0. The van der Waals surface area contributed by atoms with Crippen molar-refractivity contribution in [3.8, 4) is 33.6 Å². The summed E-state index contributed by atoms with van der Waals surface area (Å²) in [5.74, 6) is 0. The third kappa shape index (κ3) is 4.14. The number of para-hydroxylation sites is 3. The summed E-state index contributed by atoms with van der Waals surface area (Å²) in [6.07, 6.45) is 1.88. The number of fused-ring (bicyclic) bond motifs is 6. The minimum Gasteiger partial charge on any atom is -0.309 e. The van der Waals surface area contributed by atoms with Crippen molar-refractivity contribution in [2.75, 3.05) is 0 Å². The van der Waals surface area contributed by atoms with Crippen molar-refractivity contribution in [1.82, 2.24) is 14.1 Å². The standard InChI is InChI=1S/C41H26BrN3/c42-30-20-18-27(19-21-30)28-9-7-10-29(25-28)32-23-22-31(44-38-16-6-3-13-35(38)41-39(44)17-8-24-43-41)26-40(32)45-36-14-4-1-11-33(36)34-12-2-5-15-37(34)45/h1-26H. The van der Waals surface area contributed by atoms with Gasteiger partial charge in [-0.1, -0.05) is 107 Å². The second-order valence-electron chi connectivity index (χ2n) is 11.4. The van der Waals surface area contributed by atoms with Gasteiger partial charge in [-0.2, -0.15) is 0 Å². The van der Waals surface area contributed by atoms with Gasteiger partial charge < -0.3 is 9.13 Å². The number of nitrogens with zero attached hydrogens (tertiary/aromatic N) is 3. The Morgan fingerprint density at radius 1 is 0.444 bits per heavy atom. The maximum Gasteiger partial charge on any atom is 0.0963 e. The topological polar surface area (TPSA) is 22.8 Å². The number of aromatic nitrogens is 3. The van der Waals surface area contributed by atoms with Crippen molar-refractivity contribution in [2.24, 2.45) is 0 Å². The van der Waals surface area contributed by atoms with Gasteiger partial charge in [0.15, 0.2) is 0 Å². The predicted molar refractivity (Wildman–Crippen MR) is 191 cm³/mol. The van der Waals surface area contributed by atoms with Crippen LogP contribution in [0, 0.1) is 0 Å². The monoisotopic (exact) mass is 639 g/mol. The SMILES string of the molecule is Brc1ccc(-c2cccc(-c3ccc(-n4c5ccccc5c5ncccc54)cc3-n3c4ccccc4c4ccccc43)c2)cc1. The molecule has 0 amide bonds. The third-order valence-corrected chi connectivity index (χ3v) is 9.37. The highest BCUT2D eigenvalue weighted by Gasteiger charge is 2.19. The first-order valence-corrected chi connectivity index (χ1v) is 15.9. The van der Waals surface area contributed by atoms with Crippen LogP contribution in [0.4, 0.5) is 0 Å². The summed E-state index contributed by atoms with van der Waals surface area (Å²) in [5.41, 5.74) is 12.6. The van der Waals surface area contributed by atoms with Gasteiger partial charge in [0.2, 0.25) is 0 Å². The lowest BCUT2D eigenvalue weighted by Gasteiger charge is -2.18. The van der Waals surface area contributed by atoms with Crippen molar-refractivity contribution >= 4 is 59.7 Å². The Kier molecular flexibility index (Phi) is 5.97. The van der Waals surface area contributed by atoms with Crippen molar-refractivity contribution in [3.05, 3.63) is 162 Å². The Labute approximate surface area is 268 Å². The van der Waals surface area contributed by atoms with Gasteiger partial charge >= 0.3 is 0 Å². The van der Waals surface area contributed by atoms with E-state index >= 15 is 0 Å². The molecule has 0 aliphatic heterocycles. The van der Waals surface area contributed by atoms with E-state index in [1.807, 2.05) is 12.3 Å². The average molecular weight is 641 g/mol. The molecule has 0 fully saturated rings. The Hall–Kier alpha value is -5.45. The molecule has 0 aliphatic carbocycles. The molecular weight excluding hydrogens is 614 g/mol. The molecule has 9 rings (SSSR count). The van der Waals surface area contributed by atoms with Crippen LogP contribution < -0.4 is 0 Å². The molecule has 212 valence electrons. The Morgan fingerprint density at radius 3 is 1.80 bits per heavy atom. The van der Waals surface area contributed by atoms with Gasteiger partial charge in [0.05, 0.1) is 33.3 Å². The first-order chi connectivity index (χ1) is 22.2. The summed E-state index contributed by atoms with van der Waals surface area (Å²) >= 11 is 3.58. The second-order valence-corrected chi connectivity index (χ2v) is 12.3. The predicted octanol–water partition coefficient (Wildman–Crippen LogP) is 11.4. The Bertz CT molecular complexity index is 2450. The maximum atomic E-state index is 4.79. The average Bonchev–Trinajstić information content (AvgIpc) is 3.62. The first-order valence-electron chi connectivity index (χ1n) is 15.1. The molecule has 3 heterocycles. The molecule has 0 atom stereocenters. The highest BCUT2D eigenvalue weighted by Crippen LogP contribution is 2.39. The van der Waals surface area contributed by atoms with E-state index in [-0.39, 0.29) is 0 Å². The molecule has 4 heteroatoms. The zero-order valence-electron chi connectivity index (χ0n) is 24.2. The normalized spacial score (nSPS) is 11.7. The van der Waals surface area contributed by atoms with Crippen molar-refractivity contribution in [2.45, 2.75) is 0 Å². The minimum absolute atomic E-state index is 1.01. The fourth-order valence-corrected chi connectivity index (χ4v) is 7.10. The Morgan fingerprint density at radius 2 is 1.07 bits per heavy atom. The van der Waals surface area contributed by atoms with Crippen LogP contribution in [0.1, 0.15) is 0 Å². The molecule has 0 N–H and O–H groups in total. The van der Waals surface area contributed by atoms with E-state index in [4.69, 9.17) is 4.98 Å². The number of rotatable bonds is 4. The number of hydrogen-bond acceptors (Lipinski definition) is 1. The minimum atomic E-state index is 1.01. The van der Waals surface area contributed by atoms with Gasteiger partial charge in [-0.15, -0.1) is 0 Å². The van der Waals surface area contributed by atoms with Gasteiger partial charge in [-0.05, 0) is 77.4 Å². The molecule has 0 radical (unpaired) electrons. The smallest absolute Gasteiger partial charge is 0.0963 e. The molecule has 0 unspecified atom stereocenters. The van der Waals surface area contributed by atoms with E-state index in [0.29, 0.717) is 0 Å². The number of pyridine rings is 1. The molecule has 0 saturated carbocycles. The van der Waals surface area contributed by atoms with Crippen LogP contribution in [0.3, 0.4) is 0 Å². The van der Waals surface area contributed by atoms with E-state index in [2.05, 4.69) is 171 Å². The molecule has 0 bridgehead atoms. The zero-order chi connectivity index (χ0) is 29.9. The molecule has 9 aromatic rings. The highest BCUT2D eigenvalue weighted by atomic mass is 79.9. The third-order valence-electron chi connectivity index (χ3n) is 8.84. The van der Waals surface area contributed by atoms with Crippen LogP contribution in [0.2, 0.25) is 0 Å². The van der Waals surface area contributed by atoms with E-state index in [1.54, 1.807) is 0 Å². The maximum absolute atomic E-state index is 4.79.